The van der Waals surface area contributed by atoms with Gasteiger partial charge < -0.3 is 4.42 Å². The topological polar surface area (TPSA) is 83.7 Å². The summed E-state index contributed by atoms with van der Waals surface area (Å²) in [4.78, 5) is 20.4. The van der Waals surface area contributed by atoms with Gasteiger partial charge in [-0.25, -0.2) is 13.4 Å². The van der Waals surface area contributed by atoms with E-state index in [4.69, 9.17) is 21.0 Å². The molecular weight excluding hydrogens is 506 g/mol. The minimum absolute atomic E-state index is 0.136. The van der Waals surface area contributed by atoms with Crippen LogP contribution in [0.4, 0.5) is 5.13 Å². The van der Waals surface area contributed by atoms with Gasteiger partial charge in [-0.05, 0) is 62.6 Å². The summed E-state index contributed by atoms with van der Waals surface area (Å²) >= 11 is 7.73. The monoisotopic (exact) mass is 529 g/mol. The predicted octanol–water partition coefficient (Wildman–Crippen LogP) is 5.55. The van der Waals surface area contributed by atoms with Gasteiger partial charge in [0.2, 0.25) is 15.9 Å². The quantitative estimate of drug-likeness (QED) is 0.327. The van der Waals surface area contributed by atoms with Crippen LogP contribution in [-0.2, 0) is 21.4 Å². The van der Waals surface area contributed by atoms with E-state index in [9.17, 15) is 13.2 Å². The molecule has 1 fully saturated rings. The number of hydrogen-bond acceptors (Lipinski definition) is 6. The van der Waals surface area contributed by atoms with E-state index >= 15 is 0 Å². The van der Waals surface area contributed by atoms with E-state index in [1.807, 2.05) is 26.0 Å². The number of carbonyl (C=O) groups excluding carboxylic acids is 1. The lowest BCUT2D eigenvalue weighted by Gasteiger charge is -2.28. The molecule has 1 saturated heterocycles. The Balaban J connectivity index is 1.54. The van der Waals surface area contributed by atoms with Crippen LogP contribution >= 0.6 is 22.9 Å². The number of carbonyl (C=O) groups is 1. The Morgan fingerprint density at radius 2 is 1.97 bits per heavy atom. The molecule has 1 amide bonds. The van der Waals surface area contributed by atoms with Crippen molar-refractivity contribution in [1.29, 1.82) is 0 Å². The lowest BCUT2D eigenvalue weighted by molar-refractivity contribution is -0.121. The van der Waals surface area contributed by atoms with Crippen molar-refractivity contribution in [3.8, 4) is 0 Å². The normalized spacial score (nSPS) is 16.7. The fourth-order valence-electron chi connectivity index (χ4n) is 4.30. The standard InChI is InChI=1S/C25H24ClN3O4S2/c1-16-7-10-19(11-8-16)35(31,32)29-13-3-6-21(29)24(30)28(15-18-5-4-14-33-18)25-27-22-17(2)9-12-20(26)23(22)34-25/h4-5,7-12,14,21H,3,6,13,15H2,1-2H3. The van der Waals surface area contributed by atoms with Gasteiger partial charge in [0.15, 0.2) is 5.13 Å². The second-order valence-corrected chi connectivity index (χ2v) is 11.9. The third kappa shape index (κ3) is 4.49. The molecule has 10 heteroatoms. The summed E-state index contributed by atoms with van der Waals surface area (Å²) in [5.74, 6) is 0.244. The van der Waals surface area contributed by atoms with Gasteiger partial charge in [-0.2, -0.15) is 4.31 Å². The van der Waals surface area contributed by atoms with E-state index in [0.29, 0.717) is 28.8 Å². The summed E-state index contributed by atoms with van der Waals surface area (Å²) in [5, 5.41) is 1.02. The van der Waals surface area contributed by atoms with Crippen LogP contribution in [0.1, 0.15) is 29.7 Å². The van der Waals surface area contributed by atoms with Crippen LogP contribution < -0.4 is 4.90 Å². The van der Waals surface area contributed by atoms with Crippen molar-refractivity contribution >= 4 is 54.2 Å². The minimum atomic E-state index is -3.84. The van der Waals surface area contributed by atoms with Crippen LogP contribution in [0.3, 0.4) is 0 Å². The van der Waals surface area contributed by atoms with Crippen molar-refractivity contribution in [3.63, 3.8) is 0 Å². The summed E-state index contributed by atoms with van der Waals surface area (Å²) in [6, 6.07) is 13.1. The lowest BCUT2D eigenvalue weighted by atomic mass is 10.2. The second kappa shape index (κ2) is 9.39. The van der Waals surface area contributed by atoms with Crippen LogP contribution in [0.5, 0.6) is 0 Å². The van der Waals surface area contributed by atoms with E-state index in [2.05, 4.69) is 0 Å². The molecule has 0 bridgehead atoms. The third-order valence-electron chi connectivity index (χ3n) is 6.19. The van der Waals surface area contributed by atoms with Gasteiger partial charge in [0.25, 0.3) is 0 Å². The molecule has 1 aliphatic rings. The fourth-order valence-corrected chi connectivity index (χ4v) is 7.28. The molecule has 2 aromatic carbocycles. The molecule has 1 aliphatic heterocycles. The summed E-state index contributed by atoms with van der Waals surface area (Å²) < 4.78 is 34.6. The predicted molar refractivity (Wildman–Crippen MR) is 137 cm³/mol. The molecule has 0 radical (unpaired) electrons. The average Bonchev–Trinajstić information content (AvgIpc) is 3.60. The molecule has 0 saturated carbocycles. The Kier molecular flexibility index (Phi) is 6.43. The number of benzene rings is 2. The molecule has 5 rings (SSSR count). The molecule has 0 N–H and O–H groups in total. The van der Waals surface area contributed by atoms with Gasteiger partial charge in [0, 0.05) is 6.54 Å². The maximum atomic E-state index is 14.0. The van der Waals surface area contributed by atoms with Gasteiger partial charge in [0.05, 0.1) is 32.9 Å². The molecule has 1 unspecified atom stereocenters. The van der Waals surface area contributed by atoms with Crippen LogP contribution in [0, 0.1) is 13.8 Å². The number of nitrogens with zero attached hydrogens (tertiary/aromatic N) is 3. The van der Waals surface area contributed by atoms with Crippen molar-refractivity contribution in [3.05, 3.63) is 76.7 Å². The number of sulfonamides is 1. The number of halogens is 1. The van der Waals surface area contributed by atoms with Crippen molar-refractivity contribution < 1.29 is 17.6 Å². The van der Waals surface area contributed by atoms with Crippen molar-refractivity contribution in [2.75, 3.05) is 11.4 Å². The molecule has 0 spiro atoms. The maximum Gasteiger partial charge on any atom is 0.247 e. The molecular formula is C25H24ClN3O4S2. The van der Waals surface area contributed by atoms with E-state index in [1.54, 1.807) is 42.7 Å². The Hall–Kier alpha value is -2.72. The lowest BCUT2D eigenvalue weighted by Crippen LogP contribution is -2.47. The Labute approximate surface area is 213 Å². The highest BCUT2D eigenvalue weighted by Gasteiger charge is 2.42. The number of aryl methyl sites for hydroxylation is 2. The molecule has 182 valence electrons. The first-order valence-electron chi connectivity index (χ1n) is 11.2. The number of aromatic nitrogens is 1. The first kappa shape index (κ1) is 24.0. The second-order valence-electron chi connectivity index (χ2n) is 8.63. The maximum absolute atomic E-state index is 14.0. The molecule has 3 heterocycles. The molecule has 4 aromatic rings. The number of anilines is 1. The van der Waals surface area contributed by atoms with Crippen LogP contribution in [0.25, 0.3) is 10.2 Å². The third-order valence-corrected chi connectivity index (χ3v) is 9.65. The van der Waals surface area contributed by atoms with Crippen LogP contribution in [-0.4, -0.2) is 36.2 Å². The van der Waals surface area contributed by atoms with Crippen molar-refractivity contribution in [1.82, 2.24) is 9.29 Å². The summed E-state index contributed by atoms with van der Waals surface area (Å²) in [5.41, 5.74) is 2.64. The Bertz CT molecular complexity index is 1440. The zero-order valence-corrected chi connectivity index (χ0v) is 21.7. The van der Waals surface area contributed by atoms with E-state index < -0.39 is 16.1 Å². The summed E-state index contributed by atoms with van der Waals surface area (Å²) in [6.45, 7) is 4.26. The molecule has 7 nitrogen and oxygen atoms in total. The SMILES string of the molecule is Cc1ccc(S(=O)(=O)N2CCCC2C(=O)N(Cc2ccco2)c2nc3c(C)ccc(Cl)c3s2)cc1. The number of fused-ring (bicyclic) bond motifs is 1. The molecule has 1 atom stereocenters. The van der Waals surface area contributed by atoms with E-state index in [1.165, 1.54) is 20.5 Å². The largest absolute Gasteiger partial charge is 0.467 e. The van der Waals surface area contributed by atoms with Gasteiger partial charge in [0.1, 0.15) is 11.8 Å². The van der Waals surface area contributed by atoms with Crippen molar-refractivity contribution in [2.45, 2.75) is 44.2 Å². The molecule has 2 aromatic heterocycles. The van der Waals surface area contributed by atoms with Crippen LogP contribution in [0.15, 0.2) is 64.1 Å². The average molecular weight is 530 g/mol. The Morgan fingerprint density at radius 3 is 2.66 bits per heavy atom. The van der Waals surface area contributed by atoms with Crippen molar-refractivity contribution in [2.24, 2.45) is 0 Å². The Morgan fingerprint density at radius 1 is 1.20 bits per heavy atom. The number of thiazole rings is 1. The smallest absolute Gasteiger partial charge is 0.247 e. The molecule has 0 aliphatic carbocycles. The van der Waals surface area contributed by atoms with Crippen LogP contribution in [0.2, 0.25) is 5.02 Å². The number of rotatable bonds is 6. The first-order valence-corrected chi connectivity index (χ1v) is 13.9. The number of amides is 1. The van der Waals surface area contributed by atoms with Gasteiger partial charge in [-0.15, -0.1) is 0 Å². The van der Waals surface area contributed by atoms with E-state index in [-0.39, 0.29) is 23.9 Å². The number of furan rings is 1. The molecule has 35 heavy (non-hydrogen) atoms. The van der Waals surface area contributed by atoms with E-state index in [0.717, 1.165) is 21.3 Å². The minimum Gasteiger partial charge on any atom is -0.467 e. The summed E-state index contributed by atoms with van der Waals surface area (Å²) in [7, 11) is -3.84. The number of hydrogen-bond donors (Lipinski definition) is 0. The van der Waals surface area contributed by atoms with Gasteiger partial charge >= 0.3 is 0 Å². The highest BCUT2D eigenvalue weighted by atomic mass is 35.5. The zero-order chi connectivity index (χ0) is 24.7. The van der Waals surface area contributed by atoms with Gasteiger partial charge in [-0.1, -0.05) is 46.7 Å². The highest BCUT2D eigenvalue weighted by Crippen LogP contribution is 2.37. The highest BCUT2D eigenvalue weighted by molar-refractivity contribution is 7.89. The zero-order valence-electron chi connectivity index (χ0n) is 19.3. The fraction of sp³-hybridized carbons (Fsp3) is 0.280. The van der Waals surface area contributed by atoms with Gasteiger partial charge in [-0.3, -0.25) is 9.69 Å². The first-order chi connectivity index (χ1) is 16.8. The summed E-state index contributed by atoms with van der Waals surface area (Å²) in [6.07, 6.45) is 2.57.